The monoisotopic (exact) mass is 360 g/mol. The van der Waals surface area contributed by atoms with Crippen LogP contribution in [0.3, 0.4) is 0 Å². The number of hydrogen-bond donors (Lipinski definition) is 1. The number of ether oxygens (including phenoxy) is 1. The molecule has 0 bridgehead atoms. The van der Waals surface area contributed by atoms with Crippen molar-refractivity contribution < 1.29 is 9.53 Å². The van der Waals surface area contributed by atoms with Gasteiger partial charge in [0, 0.05) is 56.1 Å². The molecule has 7 heteroatoms. The Hall–Kier alpha value is -1.83. The summed E-state index contributed by atoms with van der Waals surface area (Å²) in [5.41, 5.74) is 2.31. The molecule has 1 atom stereocenters. The highest BCUT2D eigenvalue weighted by Gasteiger charge is 2.20. The number of carbonyl (C=O) groups is 1. The zero-order valence-electron chi connectivity index (χ0n) is 14.7. The largest absolute Gasteiger partial charge is 0.376 e. The second-order valence-corrected chi connectivity index (χ2v) is 7.52. The van der Waals surface area contributed by atoms with E-state index in [4.69, 9.17) is 4.74 Å². The fourth-order valence-electron chi connectivity index (χ4n) is 3.04. The average Bonchev–Trinajstić information content (AvgIpc) is 2.85. The van der Waals surface area contributed by atoms with E-state index in [9.17, 15) is 4.79 Å². The summed E-state index contributed by atoms with van der Waals surface area (Å²) in [4.78, 5) is 23.2. The number of nitrogens with zero attached hydrogens (tertiary/aromatic N) is 3. The van der Waals surface area contributed by atoms with Crippen molar-refractivity contribution in [3.63, 3.8) is 0 Å². The summed E-state index contributed by atoms with van der Waals surface area (Å²) in [6.45, 7) is 7.06. The van der Waals surface area contributed by atoms with E-state index in [0.717, 1.165) is 49.7 Å². The molecule has 3 rings (SSSR count). The van der Waals surface area contributed by atoms with Gasteiger partial charge in [-0.05, 0) is 37.5 Å². The zero-order valence-corrected chi connectivity index (χ0v) is 15.5. The Morgan fingerprint density at radius 1 is 1.48 bits per heavy atom. The van der Waals surface area contributed by atoms with Gasteiger partial charge in [-0.15, -0.1) is 11.3 Å². The molecule has 3 heterocycles. The number of aromatic nitrogens is 2. The maximum Gasteiger partial charge on any atom is 0.223 e. The third kappa shape index (κ3) is 5.59. The summed E-state index contributed by atoms with van der Waals surface area (Å²) in [6.07, 6.45) is 5.83. The van der Waals surface area contributed by atoms with Gasteiger partial charge in [0.15, 0.2) is 5.13 Å². The Morgan fingerprint density at radius 2 is 2.36 bits per heavy atom. The Kier molecular flexibility index (Phi) is 6.12. The van der Waals surface area contributed by atoms with Crippen LogP contribution < -0.4 is 5.32 Å². The molecule has 0 aromatic carbocycles. The molecule has 1 fully saturated rings. The second kappa shape index (κ2) is 8.51. The Morgan fingerprint density at radius 3 is 3.16 bits per heavy atom. The SMILES string of the molecule is CC(=O)Nc1ncc(CN2CCCO[C@H](Cc3ccnc(C)c3)C2)s1. The Bertz CT molecular complexity index is 719. The molecule has 1 saturated heterocycles. The molecule has 1 amide bonds. The summed E-state index contributed by atoms with van der Waals surface area (Å²) < 4.78 is 6.04. The summed E-state index contributed by atoms with van der Waals surface area (Å²) in [5.74, 6) is -0.0863. The molecule has 1 N–H and O–H groups in total. The Labute approximate surface area is 152 Å². The molecule has 2 aromatic heterocycles. The normalized spacial score (nSPS) is 18.7. The van der Waals surface area contributed by atoms with Gasteiger partial charge < -0.3 is 10.1 Å². The number of rotatable bonds is 5. The molecule has 1 aliphatic heterocycles. The van der Waals surface area contributed by atoms with E-state index in [0.29, 0.717) is 5.13 Å². The first kappa shape index (κ1) is 18.0. The first-order valence-corrected chi connectivity index (χ1v) is 9.38. The van der Waals surface area contributed by atoms with Crippen LogP contribution in [0.15, 0.2) is 24.5 Å². The number of nitrogens with one attached hydrogen (secondary N) is 1. The smallest absolute Gasteiger partial charge is 0.223 e. The van der Waals surface area contributed by atoms with Crippen LogP contribution in [0.4, 0.5) is 5.13 Å². The lowest BCUT2D eigenvalue weighted by molar-refractivity contribution is -0.114. The fourth-order valence-corrected chi connectivity index (χ4v) is 3.94. The van der Waals surface area contributed by atoms with Crippen molar-refractivity contribution >= 4 is 22.4 Å². The van der Waals surface area contributed by atoms with Crippen molar-refractivity contribution in [3.8, 4) is 0 Å². The van der Waals surface area contributed by atoms with E-state index in [2.05, 4.69) is 32.3 Å². The Balaban J connectivity index is 1.59. The predicted octanol–water partition coefficient (Wildman–Crippen LogP) is 2.64. The van der Waals surface area contributed by atoms with Gasteiger partial charge in [-0.25, -0.2) is 4.98 Å². The van der Waals surface area contributed by atoms with E-state index in [1.165, 1.54) is 23.8 Å². The third-order valence-corrected chi connectivity index (χ3v) is 4.97. The molecule has 25 heavy (non-hydrogen) atoms. The molecule has 134 valence electrons. The van der Waals surface area contributed by atoms with E-state index in [1.54, 1.807) is 0 Å². The number of anilines is 1. The van der Waals surface area contributed by atoms with Crippen LogP contribution in [0.2, 0.25) is 0 Å². The topological polar surface area (TPSA) is 67.4 Å². The van der Waals surface area contributed by atoms with Crippen LogP contribution in [-0.2, 0) is 22.5 Å². The molecule has 0 radical (unpaired) electrons. The van der Waals surface area contributed by atoms with Gasteiger partial charge in [0.1, 0.15) is 0 Å². The van der Waals surface area contributed by atoms with Crippen LogP contribution >= 0.6 is 11.3 Å². The maximum atomic E-state index is 11.1. The lowest BCUT2D eigenvalue weighted by Gasteiger charge is -2.23. The lowest BCUT2D eigenvalue weighted by Crippen LogP contribution is -2.32. The minimum absolute atomic E-state index is 0.0863. The zero-order chi connectivity index (χ0) is 17.6. The highest BCUT2D eigenvalue weighted by molar-refractivity contribution is 7.15. The van der Waals surface area contributed by atoms with Crippen molar-refractivity contribution in [1.82, 2.24) is 14.9 Å². The lowest BCUT2D eigenvalue weighted by atomic mass is 10.1. The van der Waals surface area contributed by atoms with Gasteiger partial charge in [-0.3, -0.25) is 14.7 Å². The summed E-state index contributed by atoms with van der Waals surface area (Å²) in [5, 5.41) is 3.41. The molecule has 0 spiro atoms. The fraction of sp³-hybridized carbons (Fsp3) is 0.500. The van der Waals surface area contributed by atoms with Crippen LogP contribution in [0.1, 0.15) is 29.5 Å². The number of hydrogen-bond acceptors (Lipinski definition) is 6. The van der Waals surface area contributed by atoms with E-state index in [-0.39, 0.29) is 12.0 Å². The minimum atomic E-state index is -0.0863. The van der Waals surface area contributed by atoms with Crippen molar-refractivity contribution in [2.75, 3.05) is 25.0 Å². The molecule has 2 aromatic rings. The van der Waals surface area contributed by atoms with Gasteiger partial charge >= 0.3 is 0 Å². The van der Waals surface area contributed by atoms with Crippen molar-refractivity contribution in [1.29, 1.82) is 0 Å². The van der Waals surface area contributed by atoms with Crippen molar-refractivity contribution in [2.24, 2.45) is 0 Å². The molecule has 0 saturated carbocycles. The molecule has 0 unspecified atom stereocenters. The molecule has 1 aliphatic rings. The van der Waals surface area contributed by atoms with Gasteiger partial charge in [0.25, 0.3) is 0 Å². The van der Waals surface area contributed by atoms with Gasteiger partial charge in [0.05, 0.1) is 6.10 Å². The summed E-state index contributed by atoms with van der Waals surface area (Å²) in [7, 11) is 0. The van der Waals surface area contributed by atoms with Crippen LogP contribution in [0.5, 0.6) is 0 Å². The van der Waals surface area contributed by atoms with E-state index in [1.807, 2.05) is 19.3 Å². The first-order chi connectivity index (χ1) is 12.1. The van der Waals surface area contributed by atoms with Crippen LogP contribution in [0.25, 0.3) is 0 Å². The molecular weight excluding hydrogens is 336 g/mol. The van der Waals surface area contributed by atoms with E-state index >= 15 is 0 Å². The maximum absolute atomic E-state index is 11.1. The predicted molar refractivity (Wildman–Crippen MR) is 98.7 cm³/mol. The summed E-state index contributed by atoms with van der Waals surface area (Å²) in [6, 6.07) is 4.19. The van der Waals surface area contributed by atoms with Crippen LogP contribution in [-0.4, -0.2) is 46.6 Å². The third-order valence-electron chi connectivity index (χ3n) is 4.07. The highest BCUT2D eigenvalue weighted by Crippen LogP contribution is 2.21. The molecule has 0 aliphatic carbocycles. The summed E-state index contributed by atoms with van der Waals surface area (Å²) >= 11 is 1.54. The van der Waals surface area contributed by atoms with Gasteiger partial charge in [-0.2, -0.15) is 0 Å². The van der Waals surface area contributed by atoms with Gasteiger partial charge in [0.2, 0.25) is 5.91 Å². The second-order valence-electron chi connectivity index (χ2n) is 6.40. The number of carbonyl (C=O) groups excluding carboxylic acids is 1. The van der Waals surface area contributed by atoms with Gasteiger partial charge in [-0.1, -0.05) is 0 Å². The minimum Gasteiger partial charge on any atom is -0.376 e. The van der Waals surface area contributed by atoms with Crippen LogP contribution in [0, 0.1) is 6.92 Å². The van der Waals surface area contributed by atoms with E-state index < -0.39 is 0 Å². The molecule has 6 nitrogen and oxygen atoms in total. The number of thiazole rings is 1. The quantitative estimate of drug-likeness (QED) is 0.888. The number of amides is 1. The first-order valence-electron chi connectivity index (χ1n) is 8.56. The highest BCUT2D eigenvalue weighted by atomic mass is 32.1. The van der Waals surface area contributed by atoms with Crippen molar-refractivity contribution in [2.45, 2.75) is 39.3 Å². The average molecular weight is 360 g/mol. The standard InChI is InChI=1S/C18H24N4O2S/c1-13-8-15(4-5-19-13)9-16-11-22(6-3-7-24-16)12-17-10-20-18(25-17)21-14(2)23/h4-5,8,10,16H,3,6-7,9,11-12H2,1-2H3,(H,20,21,23)/t16-/m1/s1. The van der Waals surface area contributed by atoms with Crippen molar-refractivity contribution in [3.05, 3.63) is 40.7 Å². The number of aryl methyl sites for hydroxylation is 1. The molecular formula is C18H24N4O2S. The number of pyridine rings is 1.